The van der Waals surface area contributed by atoms with E-state index in [0.717, 1.165) is 38.9 Å². The molecule has 0 aromatic heterocycles. The normalized spacial score (nSPS) is 20.5. The van der Waals surface area contributed by atoms with E-state index in [9.17, 15) is 15.2 Å². The van der Waals surface area contributed by atoms with Crippen LogP contribution in [0.2, 0.25) is 0 Å². The Kier molecular flexibility index (Phi) is 12.6. The molecule has 5 aromatic carbocycles. The number of rotatable bonds is 14. The number of ether oxygens (including phenoxy) is 5. The lowest BCUT2D eigenvalue weighted by atomic mass is 9.87. The van der Waals surface area contributed by atoms with Crippen LogP contribution in [0.3, 0.4) is 0 Å². The number of carbonyl (C=O) groups excluding carboxylic acids is 1. The van der Waals surface area contributed by atoms with Crippen LogP contribution in [0.5, 0.6) is 0 Å². The van der Waals surface area contributed by atoms with Gasteiger partial charge in [0.25, 0.3) is 0 Å². The molecule has 3 unspecified atom stereocenters. The minimum absolute atomic E-state index is 0.228. The molecule has 266 valence electrons. The maximum Gasteiger partial charge on any atom is 0.303 e. The molecule has 8 heteroatoms. The number of benzene rings is 5. The van der Waals surface area contributed by atoms with Gasteiger partial charge >= 0.3 is 5.97 Å². The van der Waals surface area contributed by atoms with E-state index >= 15 is 0 Å². The Hall–Kier alpha value is -5.14. The van der Waals surface area contributed by atoms with E-state index < -0.39 is 42.6 Å². The van der Waals surface area contributed by atoms with Gasteiger partial charge in [0.15, 0.2) is 6.10 Å². The van der Waals surface area contributed by atoms with Crippen molar-refractivity contribution in [1.29, 1.82) is 5.26 Å². The first-order valence-electron chi connectivity index (χ1n) is 17.4. The molecule has 52 heavy (non-hydrogen) atoms. The van der Waals surface area contributed by atoms with Crippen molar-refractivity contribution >= 4 is 5.97 Å². The van der Waals surface area contributed by atoms with Crippen LogP contribution in [0.25, 0.3) is 11.1 Å². The lowest BCUT2D eigenvalue weighted by Crippen LogP contribution is -2.62. The van der Waals surface area contributed by atoms with Crippen molar-refractivity contribution in [3.05, 3.63) is 167 Å². The number of hydrogen-bond donors (Lipinski definition) is 1. The van der Waals surface area contributed by atoms with Gasteiger partial charge in [-0.25, -0.2) is 0 Å². The van der Waals surface area contributed by atoms with E-state index in [0.29, 0.717) is 5.56 Å². The molecule has 1 aliphatic rings. The third kappa shape index (κ3) is 9.20. The van der Waals surface area contributed by atoms with Crippen molar-refractivity contribution in [1.82, 2.24) is 0 Å². The summed E-state index contributed by atoms with van der Waals surface area (Å²) in [6.07, 6.45) is -4.94. The zero-order chi connectivity index (χ0) is 36.3. The first kappa shape index (κ1) is 36.6. The van der Waals surface area contributed by atoms with Crippen molar-refractivity contribution in [3.63, 3.8) is 0 Å². The van der Waals surface area contributed by atoms with Crippen LogP contribution < -0.4 is 0 Å². The molecule has 1 fully saturated rings. The van der Waals surface area contributed by atoms with Crippen molar-refractivity contribution < 1.29 is 33.6 Å². The zero-order valence-electron chi connectivity index (χ0n) is 29.3. The van der Waals surface area contributed by atoms with Gasteiger partial charge in [0.1, 0.15) is 30.5 Å². The van der Waals surface area contributed by atoms with Crippen LogP contribution in [-0.4, -0.2) is 48.2 Å². The second kappa shape index (κ2) is 17.9. The van der Waals surface area contributed by atoms with Gasteiger partial charge in [-0.15, -0.1) is 0 Å². The standard InChI is InChI=1S/C44H43NO7/c1-30-23-37(36-20-12-19-35(24-36)25-45)21-22-38(30)40(51-31(2)47)44-43(50-29-34-17-10-5-11-18-34)42(49-28-33-15-8-4-9-16-33)41(39(26-46)52-44)48-27-32-13-6-3-7-14-32/h3-24,39-44,46H,26-29H2,1-2H3/t39?,40-,41-,42?,43?,44-/m1/s1. The van der Waals surface area contributed by atoms with E-state index in [1.807, 2.05) is 134 Å². The largest absolute Gasteiger partial charge is 0.455 e. The van der Waals surface area contributed by atoms with E-state index in [-0.39, 0.29) is 26.4 Å². The molecule has 1 aliphatic heterocycles. The van der Waals surface area contributed by atoms with Gasteiger partial charge in [-0.2, -0.15) is 5.26 Å². The smallest absolute Gasteiger partial charge is 0.303 e. The zero-order valence-corrected chi connectivity index (χ0v) is 29.3. The number of carbonyl (C=O) groups is 1. The molecular formula is C44H43NO7. The van der Waals surface area contributed by atoms with Crippen molar-refractivity contribution in [2.24, 2.45) is 0 Å². The number of esters is 1. The molecule has 8 nitrogen and oxygen atoms in total. The van der Waals surface area contributed by atoms with Crippen LogP contribution in [0.15, 0.2) is 133 Å². The number of aryl methyl sites for hydroxylation is 1. The fourth-order valence-electron chi connectivity index (χ4n) is 6.64. The molecular weight excluding hydrogens is 654 g/mol. The Bertz CT molecular complexity index is 1930. The number of nitrogens with zero attached hydrogens (tertiary/aromatic N) is 1. The average molecular weight is 698 g/mol. The maximum atomic E-state index is 12.8. The molecule has 5 aromatic rings. The number of aliphatic hydroxyl groups excluding tert-OH is 1. The highest BCUT2D eigenvalue weighted by Crippen LogP contribution is 2.39. The quantitative estimate of drug-likeness (QED) is 0.118. The molecule has 0 aliphatic carbocycles. The lowest BCUT2D eigenvalue weighted by Gasteiger charge is -2.47. The third-order valence-corrected chi connectivity index (χ3v) is 9.20. The van der Waals surface area contributed by atoms with E-state index in [1.165, 1.54) is 6.92 Å². The minimum atomic E-state index is -0.926. The van der Waals surface area contributed by atoms with Gasteiger partial charge in [0, 0.05) is 6.92 Å². The molecule has 0 bridgehead atoms. The molecule has 0 radical (unpaired) electrons. The number of hydrogen-bond acceptors (Lipinski definition) is 8. The van der Waals surface area contributed by atoms with Gasteiger partial charge < -0.3 is 28.8 Å². The predicted molar refractivity (Wildman–Crippen MR) is 197 cm³/mol. The van der Waals surface area contributed by atoms with Crippen molar-refractivity contribution in [3.8, 4) is 17.2 Å². The molecule has 0 spiro atoms. The summed E-state index contributed by atoms with van der Waals surface area (Å²) in [6, 6.07) is 44.9. The van der Waals surface area contributed by atoms with E-state index in [1.54, 1.807) is 6.07 Å². The van der Waals surface area contributed by atoms with Gasteiger partial charge in [-0.3, -0.25) is 4.79 Å². The summed E-state index contributed by atoms with van der Waals surface area (Å²) in [6.45, 7) is 3.68. The SMILES string of the molecule is CC(=O)O[C@H](c1ccc(-c2cccc(C#N)c2)cc1C)[C@H]1OC(CO)[C@@H](OCc2ccccc2)C(OCc2ccccc2)C1OCc1ccccc1. The predicted octanol–water partition coefficient (Wildman–Crippen LogP) is 7.65. The Morgan fingerprint density at radius 2 is 1.25 bits per heavy atom. The van der Waals surface area contributed by atoms with Crippen LogP contribution in [-0.2, 0) is 48.3 Å². The summed E-state index contributed by atoms with van der Waals surface area (Å²) in [5, 5.41) is 20.3. The minimum Gasteiger partial charge on any atom is -0.455 e. The maximum absolute atomic E-state index is 12.8. The van der Waals surface area contributed by atoms with Crippen molar-refractivity contribution in [2.45, 2.75) is 70.3 Å². The van der Waals surface area contributed by atoms with Crippen LogP contribution >= 0.6 is 0 Å². The summed E-state index contributed by atoms with van der Waals surface area (Å²) in [4.78, 5) is 12.8. The van der Waals surface area contributed by atoms with Gasteiger partial charge in [-0.05, 0) is 58.0 Å². The average Bonchev–Trinajstić information content (AvgIpc) is 3.18. The monoisotopic (exact) mass is 697 g/mol. The van der Waals surface area contributed by atoms with Crippen LogP contribution in [0.1, 0.15) is 46.4 Å². The summed E-state index contributed by atoms with van der Waals surface area (Å²) in [5.74, 6) is -0.495. The fourth-order valence-corrected chi connectivity index (χ4v) is 6.64. The first-order valence-corrected chi connectivity index (χ1v) is 17.4. The topological polar surface area (TPSA) is 107 Å². The number of aliphatic hydroxyl groups is 1. The molecule has 0 saturated carbocycles. The highest BCUT2D eigenvalue weighted by Gasteiger charge is 2.52. The van der Waals surface area contributed by atoms with E-state index in [2.05, 4.69) is 6.07 Å². The Morgan fingerprint density at radius 1 is 0.712 bits per heavy atom. The second-order valence-electron chi connectivity index (χ2n) is 12.9. The fraction of sp³-hybridized carbons (Fsp3) is 0.273. The molecule has 1 N–H and O–H groups in total. The molecule has 6 rings (SSSR count). The highest BCUT2D eigenvalue weighted by atomic mass is 16.6. The van der Waals surface area contributed by atoms with Gasteiger partial charge in [0.05, 0.1) is 38.1 Å². The Morgan fingerprint density at radius 3 is 1.77 bits per heavy atom. The number of nitriles is 1. The molecule has 6 atom stereocenters. The van der Waals surface area contributed by atoms with Crippen LogP contribution in [0.4, 0.5) is 0 Å². The van der Waals surface area contributed by atoms with E-state index in [4.69, 9.17) is 23.7 Å². The van der Waals surface area contributed by atoms with Crippen LogP contribution in [0, 0.1) is 18.3 Å². The lowest BCUT2D eigenvalue weighted by molar-refractivity contribution is -0.286. The van der Waals surface area contributed by atoms with Gasteiger partial charge in [-0.1, -0.05) is 121 Å². The highest BCUT2D eigenvalue weighted by molar-refractivity contribution is 5.68. The molecule has 0 amide bonds. The molecule has 1 saturated heterocycles. The summed E-state index contributed by atoms with van der Waals surface area (Å²) >= 11 is 0. The van der Waals surface area contributed by atoms with Gasteiger partial charge in [0.2, 0.25) is 0 Å². The Balaban J connectivity index is 1.41. The Labute approximate surface area is 305 Å². The van der Waals surface area contributed by atoms with Crippen molar-refractivity contribution in [2.75, 3.05) is 6.61 Å². The second-order valence-corrected chi connectivity index (χ2v) is 12.9. The molecule has 1 heterocycles. The first-order chi connectivity index (χ1) is 25.4. The summed E-state index contributed by atoms with van der Waals surface area (Å²) < 4.78 is 32.9. The third-order valence-electron chi connectivity index (χ3n) is 9.20. The summed E-state index contributed by atoms with van der Waals surface area (Å²) in [7, 11) is 0. The summed E-state index contributed by atoms with van der Waals surface area (Å²) in [5.41, 5.74) is 6.79.